The molecule has 0 amide bonds. The Bertz CT molecular complexity index is 772. The van der Waals surface area contributed by atoms with E-state index in [1.807, 2.05) is 0 Å². The summed E-state index contributed by atoms with van der Waals surface area (Å²) >= 11 is 0. The number of nitrogens with zero attached hydrogens (tertiary/aromatic N) is 1. The number of hydrogen-bond acceptors (Lipinski definition) is 4. The molecule has 0 aliphatic rings. The Hall–Kier alpha value is -2.90. The second-order valence-corrected chi connectivity index (χ2v) is 4.52. The van der Waals surface area contributed by atoms with Crippen LogP contribution in [0.4, 0.5) is 18.9 Å². The molecule has 0 spiro atoms. The molecule has 0 saturated heterocycles. The van der Waals surface area contributed by atoms with E-state index in [0.29, 0.717) is 0 Å². The number of carbonyl (C=O) groups excluding carboxylic acids is 1. The summed E-state index contributed by atoms with van der Waals surface area (Å²) in [5.41, 5.74) is -2.39. The first-order valence-corrected chi connectivity index (χ1v) is 6.29. The predicted octanol–water partition coefficient (Wildman–Crippen LogP) is 3.85. The van der Waals surface area contributed by atoms with Crippen LogP contribution in [0.25, 0.3) is 0 Å². The minimum atomic E-state index is -4.70. The summed E-state index contributed by atoms with van der Waals surface area (Å²) in [6.07, 6.45) is -4.70. The predicted molar refractivity (Wildman–Crippen MR) is 74.5 cm³/mol. The van der Waals surface area contributed by atoms with Gasteiger partial charge in [-0.25, -0.2) is 0 Å². The summed E-state index contributed by atoms with van der Waals surface area (Å²) in [6.45, 7) is 0. The van der Waals surface area contributed by atoms with Crippen molar-refractivity contribution in [3.63, 3.8) is 0 Å². The zero-order valence-electron chi connectivity index (χ0n) is 11.8. The van der Waals surface area contributed by atoms with E-state index in [1.165, 1.54) is 25.3 Å². The largest absolute Gasteiger partial charge is 0.490 e. The zero-order chi connectivity index (χ0) is 17.2. The van der Waals surface area contributed by atoms with Crippen LogP contribution in [0.1, 0.15) is 21.5 Å². The van der Waals surface area contributed by atoms with Crippen LogP contribution in [0.3, 0.4) is 0 Å². The van der Waals surface area contributed by atoms with Gasteiger partial charge in [-0.3, -0.25) is 14.9 Å². The van der Waals surface area contributed by atoms with E-state index in [-0.39, 0.29) is 11.3 Å². The molecule has 0 N–H and O–H groups in total. The average Bonchev–Trinajstić information content (AvgIpc) is 2.52. The Morgan fingerprint density at radius 2 is 1.83 bits per heavy atom. The van der Waals surface area contributed by atoms with Gasteiger partial charge in [0.2, 0.25) is 0 Å². The van der Waals surface area contributed by atoms with E-state index in [2.05, 4.69) is 0 Å². The molecule has 2 aromatic rings. The zero-order valence-corrected chi connectivity index (χ0v) is 11.8. The van der Waals surface area contributed by atoms with Crippen molar-refractivity contribution >= 4 is 11.5 Å². The van der Waals surface area contributed by atoms with Gasteiger partial charge in [0, 0.05) is 17.2 Å². The summed E-state index contributed by atoms with van der Waals surface area (Å²) in [5, 5.41) is 11.0. The third kappa shape index (κ3) is 3.31. The van der Waals surface area contributed by atoms with Crippen LogP contribution in [0.2, 0.25) is 0 Å². The third-order valence-corrected chi connectivity index (χ3v) is 3.11. The molecule has 0 aliphatic carbocycles. The van der Waals surface area contributed by atoms with Crippen molar-refractivity contribution in [3.05, 3.63) is 69.3 Å². The molecule has 0 aliphatic heterocycles. The van der Waals surface area contributed by atoms with Crippen molar-refractivity contribution in [2.45, 2.75) is 6.18 Å². The second kappa shape index (κ2) is 6.07. The number of ether oxygens (including phenoxy) is 1. The number of nitro benzene ring substituents is 1. The third-order valence-electron chi connectivity index (χ3n) is 3.11. The van der Waals surface area contributed by atoms with Crippen molar-refractivity contribution in [1.82, 2.24) is 0 Å². The van der Waals surface area contributed by atoms with Gasteiger partial charge in [0.1, 0.15) is 0 Å². The molecule has 120 valence electrons. The number of alkyl halides is 3. The van der Waals surface area contributed by atoms with Crippen molar-refractivity contribution in [1.29, 1.82) is 0 Å². The van der Waals surface area contributed by atoms with Gasteiger partial charge in [0.25, 0.3) is 0 Å². The lowest BCUT2D eigenvalue weighted by molar-refractivity contribution is -0.385. The number of ketones is 1. The van der Waals surface area contributed by atoms with E-state index in [4.69, 9.17) is 4.74 Å². The molecule has 2 rings (SSSR count). The highest BCUT2D eigenvalue weighted by Gasteiger charge is 2.35. The summed E-state index contributed by atoms with van der Waals surface area (Å²) in [4.78, 5) is 22.5. The van der Waals surface area contributed by atoms with Crippen LogP contribution in [0.15, 0.2) is 42.5 Å². The first-order valence-electron chi connectivity index (χ1n) is 6.29. The van der Waals surface area contributed by atoms with Crippen molar-refractivity contribution in [2.75, 3.05) is 7.11 Å². The van der Waals surface area contributed by atoms with Gasteiger partial charge in [0.15, 0.2) is 11.5 Å². The molecule has 8 heteroatoms. The lowest BCUT2D eigenvalue weighted by Crippen LogP contribution is -2.13. The molecule has 0 saturated carbocycles. The Balaban J connectivity index is 2.55. The van der Waals surface area contributed by atoms with Gasteiger partial charge in [-0.1, -0.05) is 18.2 Å². The monoisotopic (exact) mass is 325 g/mol. The molecule has 0 unspecified atom stereocenters. The van der Waals surface area contributed by atoms with Crippen molar-refractivity contribution < 1.29 is 27.6 Å². The van der Waals surface area contributed by atoms with Crippen LogP contribution in [-0.4, -0.2) is 17.8 Å². The first kappa shape index (κ1) is 16.5. The van der Waals surface area contributed by atoms with E-state index in [1.54, 1.807) is 0 Å². The standard InChI is InChI=1S/C15H10F3NO4/c1-23-13-7-6-9(8-12(13)19(21)22)14(20)10-4-2-3-5-11(10)15(16,17)18/h2-8H,1H3. The highest BCUT2D eigenvalue weighted by atomic mass is 19.4. The number of nitro groups is 1. The van der Waals surface area contributed by atoms with E-state index < -0.39 is 33.7 Å². The molecule has 0 radical (unpaired) electrons. The average molecular weight is 325 g/mol. The number of carbonyl (C=O) groups is 1. The molecule has 5 nitrogen and oxygen atoms in total. The van der Waals surface area contributed by atoms with Crippen LogP contribution >= 0.6 is 0 Å². The summed E-state index contributed by atoms with van der Waals surface area (Å²) in [7, 11) is 1.21. The SMILES string of the molecule is COc1ccc(C(=O)c2ccccc2C(F)(F)F)cc1[N+](=O)[O-]. The number of halogens is 3. The lowest BCUT2D eigenvalue weighted by Gasteiger charge is -2.12. The maximum atomic E-state index is 13.0. The minimum Gasteiger partial charge on any atom is -0.490 e. The molecule has 0 heterocycles. The normalized spacial score (nSPS) is 11.1. The molecule has 0 aromatic heterocycles. The van der Waals surface area contributed by atoms with Gasteiger partial charge in [-0.2, -0.15) is 13.2 Å². The fourth-order valence-electron chi connectivity index (χ4n) is 2.06. The highest BCUT2D eigenvalue weighted by Crippen LogP contribution is 2.34. The molecule has 0 atom stereocenters. The number of benzene rings is 2. The van der Waals surface area contributed by atoms with Crippen molar-refractivity contribution in [2.24, 2.45) is 0 Å². The topological polar surface area (TPSA) is 69.4 Å². The van der Waals surface area contributed by atoms with E-state index >= 15 is 0 Å². The fraction of sp³-hybridized carbons (Fsp3) is 0.133. The highest BCUT2D eigenvalue weighted by molar-refractivity contribution is 6.10. The number of methoxy groups -OCH3 is 1. The van der Waals surface area contributed by atoms with Gasteiger partial charge in [-0.05, 0) is 18.2 Å². The lowest BCUT2D eigenvalue weighted by atomic mass is 9.97. The maximum absolute atomic E-state index is 13.0. The summed E-state index contributed by atoms with van der Waals surface area (Å²) in [5.74, 6) is -1.04. The Morgan fingerprint density at radius 3 is 2.39 bits per heavy atom. The quantitative estimate of drug-likeness (QED) is 0.486. The van der Waals surface area contributed by atoms with Gasteiger partial charge >= 0.3 is 11.9 Å². The molecular formula is C15H10F3NO4. The minimum absolute atomic E-state index is 0.0874. The van der Waals surface area contributed by atoms with E-state index in [9.17, 15) is 28.1 Å². The first-order chi connectivity index (χ1) is 10.8. The van der Waals surface area contributed by atoms with Gasteiger partial charge < -0.3 is 4.74 Å². The smallest absolute Gasteiger partial charge is 0.417 e. The molecule has 23 heavy (non-hydrogen) atoms. The molecule has 2 aromatic carbocycles. The van der Waals surface area contributed by atoms with E-state index in [0.717, 1.165) is 24.3 Å². The second-order valence-electron chi connectivity index (χ2n) is 4.52. The Morgan fingerprint density at radius 1 is 1.17 bits per heavy atom. The summed E-state index contributed by atoms with van der Waals surface area (Å²) < 4.78 is 43.7. The van der Waals surface area contributed by atoms with Crippen LogP contribution in [0, 0.1) is 10.1 Å². The molecule has 0 fully saturated rings. The van der Waals surface area contributed by atoms with Gasteiger partial charge in [-0.15, -0.1) is 0 Å². The fourth-order valence-corrected chi connectivity index (χ4v) is 2.06. The number of hydrogen-bond donors (Lipinski definition) is 0. The van der Waals surface area contributed by atoms with Crippen LogP contribution in [0.5, 0.6) is 5.75 Å². The molecule has 0 bridgehead atoms. The maximum Gasteiger partial charge on any atom is 0.417 e. The molecular weight excluding hydrogens is 315 g/mol. The Labute approximate surface area is 128 Å². The van der Waals surface area contributed by atoms with Gasteiger partial charge in [0.05, 0.1) is 17.6 Å². The van der Waals surface area contributed by atoms with Crippen LogP contribution < -0.4 is 4.74 Å². The van der Waals surface area contributed by atoms with Crippen LogP contribution in [-0.2, 0) is 6.18 Å². The summed E-state index contributed by atoms with van der Waals surface area (Å²) in [6, 6.07) is 7.51. The van der Waals surface area contributed by atoms with Crippen molar-refractivity contribution in [3.8, 4) is 5.75 Å². The Kier molecular flexibility index (Phi) is 4.35. The number of rotatable bonds is 4.